The first-order chi connectivity index (χ1) is 11.1. The first-order valence-electron chi connectivity index (χ1n) is 7.89. The first-order valence-corrected chi connectivity index (χ1v) is 8.71. The predicted molar refractivity (Wildman–Crippen MR) is 90.0 cm³/mol. The number of nitrogens with one attached hydrogen (secondary N) is 1. The Morgan fingerprint density at radius 1 is 1.52 bits per heavy atom. The van der Waals surface area contributed by atoms with Gasteiger partial charge < -0.3 is 10.1 Å². The second-order valence-electron chi connectivity index (χ2n) is 5.90. The van der Waals surface area contributed by atoms with Crippen LogP contribution in [0.3, 0.4) is 0 Å². The van der Waals surface area contributed by atoms with Crippen molar-refractivity contribution in [3.63, 3.8) is 0 Å². The van der Waals surface area contributed by atoms with Crippen molar-refractivity contribution in [2.75, 3.05) is 13.2 Å². The summed E-state index contributed by atoms with van der Waals surface area (Å²) in [6, 6.07) is 0. The number of aryl methyl sites for hydroxylation is 3. The Bertz CT molecular complexity index is 775. The summed E-state index contributed by atoms with van der Waals surface area (Å²) in [5.41, 5.74) is 0.920. The van der Waals surface area contributed by atoms with Crippen LogP contribution in [0.15, 0.2) is 11.1 Å². The van der Waals surface area contributed by atoms with Gasteiger partial charge in [-0.05, 0) is 32.3 Å². The van der Waals surface area contributed by atoms with Gasteiger partial charge in [-0.2, -0.15) is 0 Å². The van der Waals surface area contributed by atoms with Gasteiger partial charge in [0.25, 0.3) is 5.56 Å². The zero-order valence-electron chi connectivity index (χ0n) is 13.4. The molecule has 1 atom stereocenters. The standard InChI is InChI=1S/C16H21N3O3S/c1-10-11(2)23-15-14(10)16(21)19(9-18-15)6-5-13(20)17-8-12-4-3-7-22-12/h9,12H,3-8H2,1-2H3,(H,17,20)/t12-/m0/s1. The van der Waals surface area contributed by atoms with Crippen molar-refractivity contribution in [1.82, 2.24) is 14.9 Å². The highest BCUT2D eigenvalue weighted by Gasteiger charge is 2.16. The Hall–Kier alpha value is -1.73. The minimum atomic E-state index is -0.0659. The van der Waals surface area contributed by atoms with Crippen molar-refractivity contribution in [1.29, 1.82) is 0 Å². The van der Waals surface area contributed by atoms with Crippen LogP contribution in [-0.2, 0) is 16.1 Å². The average Bonchev–Trinajstić information content (AvgIpc) is 3.14. The molecule has 1 aliphatic rings. The number of hydrogen-bond acceptors (Lipinski definition) is 5. The minimum absolute atomic E-state index is 0.0641. The van der Waals surface area contributed by atoms with Gasteiger partial charge >= 0.3 is 0 Å². The number of carbonyl (C=O) groups excluding carboxylic acids is 1. The number of rotatable bonds is 5. The van der Waals surface area contributed by atoms with Gasteiger partial charge in [0.05, 0.1) is 17.8 Å². The predicted octanol–water partition coefficient (Wildman–Crippen LogP) is 1.76. The summed E-state index contributed by atoms with van der Waals surface area (Å²) < 4.78 is 6.99. The third-order valence-corrected chi connectivity index (χ3v) is 5.40. The minimum Gasteiger partial charge on any atom is -0.376 e. The highest BCUT2D eigenvalue weighted by atomic mass is 32.1. The Morgan fingerprint density at radius 2 is 2.35 bits per heavy atom. The molecule has 0 spiro atoms. The fourth-order valence-corrected chi connectivity index (χ4v) is 3.76. The normalized spacial score (nSPS) is 17.7. The van der Waals surface area contributed by atoms with Crippen molar-refractivity contribution in [2.24, 2.45) is 0 Å². The van der Waals surface area contributed by atoms with Gasteiger partial charge in [0.2, 0.25) is 5.91 Å². The van der Waals surface area contributed by atoms with Crippen molar-refractivity contribution >= 4 is 27.5 Å². The molecule has 1 N–H and O–H groups in total. The number of carbonyl (C=O) groups is 1. The molecule has 2 aromatic rings. The van der Waals surface area contributed by atoms with E-state index >= 15 is 0 Å². The van der Waals surface area contributed by atoms with Crippen LogP contribution in [0.25, 0.3) is 10.2 Å². The average molecular weight is 335 g/mol. The van der Waals surface area contributed by atoms with Crippen molar-refractivity contribution in [3.8, 4) is 0 Å². The number of aromatic nitrogens is 2. The second-order valence-corrected chi connectivity index (χ2v) is 7.10. The van der Waals surface area contributed by atoms with Crippen LogP contribution in [0.4, 0.5) is 0 Å². The van der Waals surface area contributed by atoms with E-state index < -0.39 is 0 Å². The molecule has 1 amide bonds. The van der Waals surface area contributed by atoms with Crippen LogP contribution < -0.4 is 10.9 Å². The van der Waals surface area contributed by atoms with Crippen LogP contribution in [0.5, 0.6) is 0 Å². The highest BCUT2D eigenvalue weighted by Crippen LogP contribution is 2.25. The van der Waals surface area contributed by atoms with E-state index in [1.807, 2.05) is 13.8 Å². The molecule has 1 aliphatic heterocycles. The zero-order valence-corrected chi connectivity index (χ0v) is 14.2. The molecular weight excluding hydrogens is 314 g/mol. The van der Waals surface area contributed by atoms with Gasteiger partial charge in [0.15, 0.2) is 0 Å². The summed E-state index contributed by atoms with van der Waals surface area (Å²) in [7, 11) is 0. The molecule has 124 valence electrons. The lowest BCUT2D eigenvalue weighted by molar-refractivity contribution is -0.121. The largest absolute Gasteiger partial charge is 0.376 e. The lowest BCUT2D eigenvalue weighted by Gasteiger charge is -2.11. The fourth-order valence-electron chi connectivity index (χ4n) is 2.77. The lowest BCUT2D eigenvalue weighted by Crippen LogP contribution is -2.33. The lowest BCUT2D eigenvalue weighted by atomic mass is 10.2. The monoisotopic (exact) mass is 335 g/mol. The van der Waals surface area contributed by atoms with E-state index in [-0.39, 0.29) is 24.0 Å². The third-order valence-electron chi connectivity index (χ3n) is 4.29. The van der Waals surface area contributed by atoms with Crippen LogP contribution in [0, 0.1) is 13.8 Å². The molecule has 0 aromatic carbocycles. The van der Waals surface area contributed by atoms with Crippen molar-refractivity contribution in [2.45, 2.75) is 45.8 Å². The van der Waals surface area contributed by atoms with E-state index in [0.717, 1.165) is 34.7 Å². The Kier molecular flexibility index (Phi) is 4.77. The number of ether oxygens (including phenoxy) is 1. The first kappa shape index (κ1) is 16.1. The van der Waals surface area contributed by atoms with Crippen LogP contribution in [-0.4, -0.2) is 34.7 Å². The van der Waals surface area contributed by atoms with E-state index in [1.165, 1.54) is 22.2 Å². The zero-order chi connectivity index (χ0) is 16.4. The van der Waals surface area contributed by atoms with Crippen molar-refractivity contribution in [3.05, 3.63) is 27.1 Å². The van der Waals surface area contributed by atoms with Crippen LogP contribution in [0.1, 0.15) is 29.7 Å². The molecule has 3 rings (SSSR count). The third kappa shape index (κ3) is 3.45. The fraction of sp³-hybridized carbons (Fsp3) is 0.562. The van der Waals surface area contributed by atoms with E-state index in [2.05, 4.69) is 10.3 Å². The second kappa shape index (κ2) is 6.80. The molecule has 0 unspecified atom stereocenters. The van der Waals surface area contributed by atoms with E-state index in [9.17, 15) is 9.59 Å². The Balaban J connectivity index is 1.62. The molecule has 23 heavy (non-hydrogen) atoms. The molecule has 1 saturated heterocycles. The molecule has 7 heteroatoms. The van der Waals surface area contributed by atoms with Gasteiger partial charge in [-0.1, -0.05) is 0 Å². The number of amides is 1. The molecule has 0 aliphatic carbocycles. The Morgan fingerprint density at radius 3 is 3.09 bits per heavy atom. The maximum absolute atomic E-state index is 12.5. The number of nitrogens with zero attached hydrogens (tertiary/aromatic N) is 2. The van der Waals surface area contributed by atoms with Gasteiger partial charge in [-0.3, -0.25) is 14.2 Å². The van der Waals surface area contributed by atoms with Gasteiger partial charge in [0.1, 0.15) is 4.83 Å². The molecule has 1 fully saturated rings. The summed E-state index contributed by atoms with van der Waals surface area (Å²) in [5.74, 6) is -0.0641. The van der Waals surface area contributed by atoms with E-state index in [1.54, 1.807) is 0 Å². The summed E-state index contributed by atoms with van der Waals surface area (Å²) in [5, 5.41) is 3.55. The quantitative estimate of drug-likeness (QED) is 0.904. The maximum atomic E-state index is 12.5. The SMILES string of the molecule is Cc1sc2ncn(CCC(=O)NC[C@@H]3CCCO3)c(=O)c2c1C. The maximum Gasteiger partial charge on any atom is 0.262 e. The number of fused-ring (bicyclic) bond motifs is 1. The number of hydrogen-bond donors (Lipinski definition) is 1. The summed E-state index contributed by atoms with van der Waals surface area (Å²) in [6.07, 6.45) is 3.99. The molecule has 6 nitrogen and oxygen atoms in total. The molecule has 0 saturated carbocycles. The molecule has 3 heterocycles. The van der Waals surface area contributed by atoms with Crippen LogP contribution >= 0.6 is 11.3 Å². The summed E-state index contributed by atoms with van der Waals surface area (Å²) >= 11 is 1.53. The summed E-state index contributed by atoms with van der Waals surface area (Å²) in [6.45, 7) is 5.60. The Labute approximate surface area is 138 Å². The van der Waals surface area contributed by atoms with E-state index in [4.69, 9.17) is 4.74 Å². The van der Waals surface area contributed by atoms with Crippen molar-refractivity contribution < 1.29 is 9.53 Å². The van der Waals surface area contributed by atoms with Gasteiger partial charge in [0, 0.05) is 31.0 Å². The van der Waals surface area contributed by atoms with Gasteiger partial charge in [-0.25, -0.2) is 4.98 Å². The van der Waals surface area contributed by atoms with Crippen LogP contribution in [0.2, 0.25) is 0 Å². The topological polar surface area (TPSA) is 73.2 Å². The molecule has 0 radical (unpaired) electrons. The molecule has 2 aromatic heterocycles. The molecule has 0 bridgehead atoms. The molecular formula is C16H21N3O3S. The van der Waals surface area contributed by atoms with Gasteiger partial charge in [-0.15, -0.1) is 11.3 Å². The summed E-state index contributed by atoms with van der Waals surface area (Å²) in [4.78, 5) is 30.7. The number of thiophene rings is 1. The van der Waals surface area contributed by atoms with E-state index in [0.29, 0.717) is 18.5 Å². The highest BCUT2D eigenvalue weighted by molar-refractivity contribution is 7.18. The smallest absolute Gasteiger partial charge is 0.262 e.